The molecule has 3 aromatic carbocycles. The van der Waals surface area contributed by atoms with Gasteiger partial charge in [0, 0.05) is 0 Å². The van der Waals surface area contributed by atoms with Crippen LogP contribution in [0.3, 0.4) is 0 Å². The molecule has 0 aliphatic heterocycles. The normalized spacial score (nSPS) is 12.6. The lowest BCUT2D eigenvalue weighted by Gasteiger charge is -2.20. The SMILES string of the molecule is Cc1cc(F)cc(C)c1C(N)c1cccc2ccccc12. The number of hydrogen-bond donors (Lipinski definition) is 1. The summed E-state index contributed by atoms with van der Waals surface area (Å²) >= 11 is 0. The zero-order valence-corrected chi connectivity index (χ0v) is 12.2. The van der Waals surface area contributed by atoms with Gasteiger partial charge in [0.15, 0.2) is 0 Å². The van der Waals surface area contributed by atoms with Gasteiger partial charge >= 0.3 is 0 Å². The third-order valence-electron chi connectivity index (χ3n) is 4.03. The predicted octanol–water partition coefficient (Wildman–Crippen LogP) is 4.64. The van der Waals surface area contributed by atoms with Crippen LogP contribution in [0.2, 0.25) is 0 Å². The number of rotatable bonds is 2. The lowest BCUT2D eigenvalue weighted by molar-refractivity contribution is 0.623. The molecule has 0 saturated carbocycles. The maximum Gasteiger partial charge on any atom is 0.123 e. The molecule has 2 heteroatoms. The van der Waals surface area contributed by atoms with Gasteiger partial charge in [-0.15, -0.1) is 0 Å². The quantitative estimate of drug-likeness (QED) is 0.726. The van der Waals surface area contributed by atoms with Gasteiger partial charge in [0.2, 0.25) is 0 Å². The molecule has 0 aromatic heterocycles. The Morgan fingerprint density at radius 1 is 0.905 bits per heavy atom. The first kappa shape index (κ1) is 13.8. The minimum Gasteiger partial charge on any atom is -0.320 e. The van der Waals surface area contributed by atoms with Gasteiger partial charge in [0.25, 0.3) is 0 Å². The number of nitrogens with two attached hydrogens (primary N) is 1. The summed E-state index contributed by atoms with van der Waals surface area (Å²) in [5.74, 6) is -0.209. The molecule has 1 unspecified atom stereocenters. The van der Waals surface area contributed by atoms with Crippen molar-refractivity contribution in [2.24, 2.45) is 5.73 Å². The summed E-state index contributed by atoms with van der Waals surface area (Å²) in [5.41, 5.74) is 10.4. The van der Waals surface area contributed by atoms with Crippen LogP contribution >= 0.6 is 0 Å². The Hall–Kier alpha value is -2.19. The summed E-state index contributed by atoms with van der Waals surface area (Å²) in [6, 6.07) is 17.2. The molecule has 0 saturated heterocycles. The molecular weight excluding hydrogens is 261 g/mol. The molecule has 3 aromatic rings. The lowest BCUT2D eigenvalue weighted by Crippen LogP contribution is -2.15. The second-order valence-corrected chi connectivity index (χ2v) is 5.50. The molecule has 0 amide bonds. The van der Waals surface area contributed by atoms with Gasteiger partial charge in [-0.3, -0.25) is 0 Å². The van der Waals surface area contributed by atoms with Gasteiger partial charge in [0.1, 0.15) is 5.82 Å². The van der Waals surface area contributed by atoms with Crippen LogP contribution in [0.25, 0.3) is 10.8 Å². The molecule has 1 atom stereocenters. The van der Waals surface area contributed by atoms with E-state index in [0.29, 0.717) is 0 Å². The fourth-order valence-electron chi connectivity index (χ4n) is 3.09. The fourth-order valence-corrected chi connectivity index (χ4v) is 3.09. The van der Waals surface area contributed by atoms with Crippen molar-refractivity contribution in [3.63, 3.8) is 0 Å². The average molecular weight is 279 g/mol. The first-order valence-corrected chi connectivity index (χ1v) is 7.08. The fraction of sp³-hybridized carbons (Fsp3) is 0.158. The van der Waals surface area contributed by atoms with Crippen LogP contribution in [-0.2, 0) is 0 Å². The Labute approximate surface area is 124 Å². The van der Waals surface area contributed by atoms with Gasteiger partial charge in [-0.25, -0.2) is 4.39 Å². The number of aryl methyl sites for hydroxylation is 2. The Morgan fingerprint density at radius 2 is 1.52 bits per heavy atom. The van der Waals surface area contributed by atoms with Gasteiger partial charge in [-0.05, 0) is 59.0 Å². The Morgan fingerprint density at radius 3 is 2.24 bits per heavy atom. The van der Waals surface area contributed by atoms with Crippen molar-refractivity contribution < 1.29 is 4.39 Å². The molecule has 0 radical (unpaired) electrons. The minimum absolute atomic E-state index is 0.209. The molecule has 1 nitrogen and oxygen atoms in total. The molecule has 0 fully saturated rings. The van der Waals surface area contributed by atoms with Crippen molar-refractivity contribution in [2.45, 2.75) is 19.9 Å². The van der Waals surface area contributed by atoms with E-state index in [9.17, 15) is 4.39 Å². The van der Waals surface area contributed by atoms with Crippen molar-refractivity contribution in [1.29, 1.82) is 0 Å². The van der Waals surface area contributed by atoms with Gasteiger partial charge in [0.05, 0.1) is 6.04 Å². The largest absolute Gasteiger partial charge is 0.320 e. The predicted molar refractivity (Wildman–Crippen MR) is 85.9 cm³/mol. The van der Waals surface area contributed by atoms with Crippen LogP contribution in [0.15, 0.2) is 54.6 Å². The van der Waals surface area contributed by atoms with E-state index < -0.39 is 0 Å². The van der Waals surface area contributed by atoms with E-state index in [1.165, 1.54) is 5.39 Å². The summed E-state index contributed by atoms with van der Waals surface area (Å²) in [5, 5.41) is 2.32. The summed E-state index contributed by atoms with van der Waals surface area (Å²) < 4.78 is 13.5. The molecule has 21 heavy (non-hydrogen) atoms. The third-order valence-corrected chi connectivity index (χ3v) is 4.03. The van der Waals surface area contributed by atoms with Crippen LogP contribution in [0, 0.1) is 19.7 Å². The maximum absolute atomic E-state index is 13.5. The molecular formula is C19H18FN. The number of fused-ring (bicyclic) bond motifs is 1. The van der Waals surface area contributed by atoms with Crippen molar-refractivity contribution in [3.05, 3.63) is 82.7 Å². The zero-order chi connectivity index (χ0) is 15.0. The Balaban J connectivity index is 2.20. The summed E-state index contributed by atoms with van der Waals surface area (Å²) in [4.78, 5) is 0. The van der Waals surface area contributed by atoms with E-state index in [1.807, 2.05) is 32.0 Å². The zero-order valence-electron chi connectivity index (χ0n) is 12.2. The molecule has 0 aliphatic carbocycles. The second-order valence-electron chi connectivity index (χ2n) is 5.50. The highest BCUT2D eigenvalue weighted by molar-refractivity contribution is 5.86. The van der Waals surface area contributed by atoms with E-state index in [4.69, 9.17) is 5.73 Å². The van der Waals surface area contributed by atoms with Crippen LogP contribution in [0.1, 0.15) is 28.3 Å². The van der Waals surface area contributed by atoms with E-state index in [1.54, 1.807) is 12.1 Å². The van der Waals surface area contributed by atoms with Gasteiger partial charge in [-0.1, -0.05) is 42.5 Å². The van der Waals surface area contributed by atoms with Crippen LogP contribution in [0.5, 0.6) is 0 Å². The second kappa shape index (κ2) is 5.30. The molecule has 0 heterocycles. The standard InChI is InChI=1S/C19H18FN/c1-12-10-15(20)11-13(2)18(12)19(21)17-9-5-7-14-6-3-4-8-16(14)17/h3-11,19H,21H2,1-2H3. The first-order valence-electron chi connectivity index (χ1n) is 7.08. The number of halogens is 1. The van der Waals surface area contributed by atoms with Crippen LogP contribution in [0.4, 0.5) is 4.39 Å². The van der Waals surface area contributed by atoms with Crippen molar-refractivity contribution in [3.8, 4) is 0 Å². The summed E-state index contributed by atoms with van der Waals surface area (Å²) in [6.45, 7) is 3.83. The molecule has 0 spiro atoms. The van der Waals surface area contributed by atoms with E-state index in [0.717, 1.165) is 27.6 Å². The van der Waals surface area contributed by atoms with E-state index >= 15 is 0 Å². The molecule has 106 valence electrons. The third kappa shape index (κ3) is 2.43. The summed E-state index contributed by atoms with van der Waals surface area (Å²) in [6.07, 6.45) is 0. The summed E-state index contributed by atoms with van der Waals surface area (Å²) in [7, 11) is 0. The lowest BCUT2D eigenvalue weighted by atomic mass is 9.89. The van der Waals surface area contributed by atoms with Gasteiger partial charge in [-0.2, -0.15) is 0 Å². The Bertz CT molecular complexity index is 779. The monoisotopic (exact) mass is 279 g/mol. The smallest absolute Gasteiger partial charge is 0.123 e. The van der Waals surface area contributed by atoms with E-state index in [-0.39, 0.29) is 11.9 Å². The molecule has 2 N–H and O–H groups in total. The van der Waals surface area contributed by atoms with Crippen molar-refractivity contribution in [1.82, 2.24) is 0 Å². The number of benzene rings is 3. The maximum atomic E-state index is 13.5. The topological polar surface area (TPSA) is 26.0 Å². The molecule has 3 rings (SSSR count). The Kier molecular flexibility index (Phi) is 3.48. The first-order chi connectivity index (χ1) is 10.1. The minimum atomic E-state index is -0.253. The molecule has 0 bridgehead atoms. The highest BCUT2D eigenvalue weighted by Gasteiger charge is 2.17. The average Bonchev–Trinajstić information content (AvgIpc) is 2.45. The van der Waals surface area contributed by atoms with Gasteiger partial charge < -0.3 is 5.73 Å². The highest BCUT2D eigenvalue weighted by atomic mass is 19.1. The highest BCUT2D eigenvalue weighted by Crippen LogP contribution is 2.31. The molecule has 0 aliphatic rings. The van der Waals surface area contributed by atoms with Crippen LogP contribution in [-0.4, -0.2) is 0 Å². The van der Waals surface area contributed by atoms with E-state index in [2.05, 4.69) is 24.3 Å². The van der Waals surface area contributed by atoms with Crippen LogP contribution < -0.4 is 5.73 Å². The van der Waals surface area contributed by atoms with Crippen molar-refractivity contribution >= 4 is 10.8 Å². The van der Waals surface area contributed by atoms with Crippen molar-refractivity contribution in [2.75, 3.05) is 0 Å². The number of hydrogen-bond acceptors (Lipinski definition) is 1.